The summed E-state index contributed by atoms with van der Waals surface area (Å²) in [6, 6.07) is 3.33. The Morgan fingerprint density at radius 1 is 1.32 bits per heavy atom. The van der Waals surface area contributed by atoms with E-state index in [1.165, 1.54) is 25.3 Å². The van der Waals surface area contributed by atoms with E-state index in [0.717, 1.165) is 17.0 Å². The van der Waals surface area contributed by atoms with E-state index in [0.29, 0.717) is 0 Å². The van der Waals surface area contributed by atoms with Crippen LogP contribution in [0.2, 0.25) is 0 Å². The average Bonchev–Trinajstić information content (AvgIpc) is 3.43. The molecule has 2 aliphatic heterocycles. The average molecular weight is 494 g/mol. The van der Waals surface area contributed by atoms with Gasteiger partial charge >= 0.3 is 12.0 Å². The molecular weight excluding hydrogens is 474 g/mol. The largest absolute Gasteiger partial charge is 0.442 e. The minimum absolute atomic E-state index is 0.0167. The molecule has 1 saturated heterocycles. The van der Waals surface area contributed by atoms with Gasteiger partial charge in [0.15, 0.2) is 0 Å². The highest BCUT2D eigenvalue weighted by molar-refractivity contribution is 7.94. The Bertz CT molecular complexity index is 1280. The molecule has 0 radical (unpaired) electrons. The third-order valence-corrected chi connectivity index (χ3v) is 7.32. The van der Waals surface area contributed by atoms with Gasteiger partial charge < -0.3 is 14.6 Å². The summed E-state index contributed by atoms with van der Waals surface area (Å²) in [7, 11) is -2.96. The van der Waals surface area contributed by atoms with Crippen LogP contribution in [0.4, 0.5) is 19.3 Å². The number of hydrogen-bond acceptors (Lipinski definition) is 7. The fourth-order valence-corrected chi connectivity index (χ4v) is 5.36. The van der Waals surface area contributed by atoms with Crippen molar-refractivity contribution in [2.75, 3.05) is 29.5 Å². The molecule has 2 aromatic rings. The summed E-state index contributed by atoms with van der Waals surface area (Å²) in [5.41, 5.74) is -0.0357. The highest BCUT2D eigenvalue weighted by Gasteiger charge is 2.34. The van der Waals surface area contributed by atoms with E-state index in [2.05, 4.69) is 14.8 Å². The molecule has 0 spiro atoms. The molecule has 34 heavy (non-hydrogen) atoms. The topological polar surface area (TPSA) is 131 Å². The maximum Gasteiger partial charge on any atom is 0.414 e. The van der Waals surface area contributed by atoms with Gasteiger partial charge in [0.1, 0.15) is 17.7 Å². The van der Waals surface area contributed by atoms with Gasteiger partial charge in [0, 0.05) is 24.3 Å². The Balaban J connectivity index is 1.52. The highest BCUT2D eigenvalue weighted by Crippen LogP contribution is 2.33. The van der Waals surface area contributed by atoms with Crippen LogP contribution in [0.15, 0.2) is 39.4 Å². The van der Waals surface area contributed by atoms with E-state index >= 15 is 0 Å². The van der Waals surface area contributed by atoms with Crippen molar-refractivity contribution in [3.05, 3.63) is 53.4 Å². The van der Waals surface area contributed by atoms with E-state index in [9.17, 15) is 27.4 Å². The molecule has 180 valence electrons. The Kier molecular flexibility index (Phi) is 6.46. The lowest BCUT2D eigenvalue weighted by Crippen LogP contribution is -2.33. The van der Waals surface area contributed by atoms with Crippen molar-refractivity contribution < 1.29 is 36.6 Å². The molecule has 1 aromatic heterocycles. The molecule has 1 aromatic carbocycles. The Morgan fingerprint density at radius 2 is 2.06 bits per heavy atom. The lowest BCUT2D eigenvalue weighted by molar-refractivity contribution is -0.119. The fraction of sp³-hybridized carbons (Fsp3) is 0.333. The van der Waals surface area contributed by atoms with E-state index in [1.54, 1.807) is 0 Å². The molecule has 1 fully saturated rings. The summed E-state index contributed by atoms with van der Waals surface area (Å²) in [6.07, 6.45) is 1.26. The molecule has 0 saturated carbocycles. The predicted molar refractivity (Wildman–Crippen MR) is 116 cm³/mol. The van der Waals surface area contributed by atoms with Gasteiger partial charge in [-0.25, -0.2) is 17.8 Å². The lowest BCUT2D eigenvalue weighted by atomic mass is 10.0. The summed E-state index contributed by atoms with van der Waals surface area (Å²) in [6.45, 7) is 1.42. The number of rotatable bonds is 5. The van der Waals surface area contributed by atoms with Gasteiger partial charge in [-0.05, 0) is 24.1 Å². The van der Waals surface area contributed by atoms with Crippen molar-refractivity contribution in [3.63, 3.8) is 0 Å². The Hall–Kier alpha value is -3.61. The van der Waals surface area contributed by atoms with Gasteiger partial charge in [-0.15, -0.1) is 0 Å². The van der Waals surface area contributed by atoms with Crippen LogP contribution >= 0.6 is 0 Å². The number of halogens is 2. The number of nitrogens with zero attached hydrogens (tertiary/aromatic N) is 3. The number of benzene rings is 1. The van der Waals surface area contributed by atoms with Gasteiger partial charge in [-0.1, -0.05) is 11.2 Å². The van der Waals surface area contributed by atoms with Crippen LogP contribution in [-0.4, -0.2) is 58.0 Å². The molecule has 3 amide bonds. The normalized spacial score (nSPS) is 22.2. The minimum atomic E-state index is -2.96. The van der Waals surface area contributed by atoms with Crippen molar-refractivity contribution in [1.29, 1.82) is 0 Å². The molecule has 1 N–H and O–H groups in total. The summed E-state index contributed by atoms with van der Waals surface area (Å²) >= 11 is 0. The lowest BCUT2D eigenvalue weighted by Gasteiger charge is -2.19. The van der Waals surface area contributed by atoms with Gasteiger partial charge in [0.25, 0.3) is 0 Å². The molecular formula is C21H20F2N4O6S. The summed E-state index contributed by atoms with van der Waals surface area (Å²) in [4.78, 5) is 36.3. The predicted octanol–water partition coefficient (Wildman–Crippen LogP) is 2.51. The van der Waals surface area contributed by atoms with Crippen molar-refractivity contribution in [3.8, 4) is 0 Å². The molecule has 4 rings (SSSR count). The van der Waals surface area contributed by atoms with E-state index in [1.807, 2.05) is 0 Å². The second-order valence-corrected chi connectivity index (χ2v) is 10.2. The van der Waals surface area contributed by atoms with Gasteiger partial charge in [-0.2, -0.15) is 4.36 Å². The second-order valence-electron chi connectivity index (χ2n) is 7.73. The van der Waals surface area contributed by atoms with Crippen molar-refractivity contribution in [2.45, 2.75) is 19.4 Å². The van der Waals surface area contributed by atoms with E-state index in [4.69, 9.17) is 9.26 Å². The zero-order valence-corrected chi connectivity index (χ0v) is 18.8. The fourth-order valence-electron chi connectivity index (χ4n) is 3.64. The summed E-state index contributed by atoms with van der Waals surface area (Å²) in [5.74, 6) is -3.28. The van der Waals surface area contributed by atoms with Crippen LogP contribution in [0.3, 0.4) is 0 Å². The maximum absolute atomic E-state index is 14.9. The third-order valence-electron chi connectivity index (χ3n) is 5.29. The van der Waals surface area contributed by atoms with Gasteiger partial charge in [-0.3, -0.25) is 14.5 Å². The third kappa shape index (κ3) is 4.98. The summed E-state index contributed by atoms with van der Waals surface area (Å²) in [5, 5.41) is 5.92. The number of anilines is 1. The van der Waals surface area contributed by atoms with E-state index < -0.39 is 39.5 Å². The van der Waals surface area contributed by atoms with Crippen LogP contribution in [0, 0.1) is 11.6 Å². The first-order valence-corrected chi connectivity index (χ1v) is 12.1. The van der Waals surface area contributed by atoms with Gasteiger partial charge in [0.05, 0.1) is 40.5 Å². The number of amides is 3. The molecule has 2 atom stereocenters. The number of cyclic esters (lactones) is 1. The standard InChI is InChI=1S/C21H20F2N4O6S/c1-12(28)24-10-15-11-27(21(30)32-15)14-8-16(22)19(17(23)9-14)13-3-6-34(31,7-4-13)26-20(29)18-2-5-25-33-18/h2-3,5,8-9,15H,4,6-7,10-11H2,1H3,(H,24,28)/t15-,34?/m1/s1. The van der Waals surface area contributed by atoms with Crippen LogP contribution in [0.25, 0.3) is 5.57 Å². The number of nitrogens with one attached hydrogen (secondary N) is 1. The zero-order valence-electron chi connectivity index (χ0n) is 18.0. The summed E-state index contributed by atoms with van der Waals surface area (Å²) < 4.78 is 56.3. The van der Waals surface area contributed by atoms with Crippen LogP contribution in [0.5, 0.6) is 0 Å². The number of ether oxygens (including phenoxy) is 1. The Morgan fingerprint density at radius 3 is 2.65 bits per heavy atom. The van der Waals surface area contributed by atoms with Gasteiger partial charge in [0.2, 0.25) is 11.7 Å². The molecule has 3 heterocycles. The molecule has 1 unspecified atom stereocenters. The van der Waals surface area contributed by atoms with Crippen LogP contribution in [0.1, 0.15) is 29.5 Å². The highest BCUT2D eigenvalue weighted by atomic mass is 32.2. The Labute approximate surface area is 193 Å². The molecule has 13 heteroatoms. The first kappa shape index (κ1) is 23.5. The van der Waals surface area contributed by atoms with Crippen molar-refractivity contribution in [2.24, 2.45) is 4.36 Å². The minimum Gasteiger partial charge on any atom is -0.442 e. The number of carbonyl (C=O) groups is 3. The number of aromatic nitrogens is 1. The number of carbonyl (C=O) groups excluding carboxylic acids is 3. The monoisotopic (exact) mass is 494 g/mol. The smallest absolute Gasteiger partial charge is 0.414 e. The van der Waals surface area contributed by atoms with E-state index in [-0.39, 0.29) is 59.5 Å². The second kappa shape index (κ2) is 9.33. The van der Waals surface area contributed by atoms with Crippen LogP contribution in [-0.2, 0) is 19.3 Å². The maximum atomic E-state index is 14.9. The molecule has 0 aliphatic carbocycles. The first-order valence-electron chi connectivity index (χ1n) is 10.2. The SMILES string of the molecule is CC(=O)NC[C@@H]1CN(c2cc(F)c(C3=CCS(=O)(=NC(=O)c4ccno4)CC3)c(F)c2)C(=O)O1. The zero-order chi connectivity index (χ0) is 24.5. The number of allylic oxidation sites excluding steroid dienone is 1. The van der Waals surface area contributed by atoms with Crippen molar-refractivity contribution >= 4 is 38.9 Å². The quantitative estimate of drug-likeness (QED) is 0.676. The molecule has 0 bridgehead atoms. The first-order chi connectivity index (χ1) is 16.1. The number of hydrogen-bond donors (Lipinski definition) is 1. The van der Waals surface area contributed by atoms with Crippen molar-refractivity contribution in [1.82, 2.24) is 10.5 Å². The molecule has 10 nitrogen and oxygen atoms in total. The van der Waals surface area contributed by atoms with Crippen LogP contribution < -0.4 is 10.2 Å². The molecule has 2 aliphatic rings.